The van der Waals surface area contributed by atoms with Gasteiger partial charge in [-0.15, -0.1) is 0 Å². The molecular weight excluding hydrogens is 338 g/mol. The van der Waals surface area contributed by atoms with Crippen LogP contribution in [0, 0.1) is 6.92 Å². The summed E-state index contributed by atoms with van der Waals surface area (Å²) in [4.78, 5) is 21.4. The number of rotatable bonds is 3. The lowest BCUT2D eigenvalue weighted by molar-refractivity contribution is 0.571. The van der Waals surface area contributed by atoms with Gasteiger partial charge in [-0.25, -0.2) is 9.97 Å². The number of fused-ring (bicyclic) bond motifs is 1. The lowest BCUT2D eigenvalue weighted by Gasteiger charge is -2.05. The Hall–Kier alpha value is -2.92. The Kier molecular flexibility index (Phi) is 3.86. The van der Waals surface area contributed by atoms with E-state index in [4.69, 9.17) is 16.0 Å². The van der Waals surface area contributed by atoms with Crippen LogP contribution in [0.2, 0.25) is 5.02 Å². The zero-order chi connectivity index (χ0) is 17.4. The third-order valence-corrected chi connectivity index (χ3v) is 4.17. The van der Waals surface area contributed by atoms with Crippen molar-refractivity contribution in [3.8, 4) is 11.5 Å². The number of aromatic nitrogens is 3. The fourth-order valence-electron chi connectivity index (χ4n) is 2.69. The SMILES string of the molecule is Cc1ccc2ncn(Cc3coc(-c4cccc(Cl)c4)n3)c(=O)c2c1. The van der Waals surface area contributed by atoms with Gasteiger partial charge >= 0.3 is 0 Å². The van der Waals surface area contributed by atoms with E-state index in [1.165, 1.54) is 10.9 Å². The molecule has 0 aliphatic rings. The average molecular weight is 352 g/mol. The molecule has 6 heteroatoms. The molecule has 0 bridgehead atoms. The smallest absolute Gasteiger partial charge is 0.261 e. The van der Waals surface area contributed by atoms with E-state index >= 15 is 0 Å². The molecule has 0 saturated heterocycles. The standard InChI is InChI=1S/C19H14ClN3O2/c1-12-5-6-17-16(7-12)19(24)23(11-21-17)9-15-10-25-18(22-15)13-3-2-4-14(20)8-13/h2-8,10-11H,9H2,1H3. The number of aryl methyl sites for hydroxylation is 1. The van der Waals surface area contributed by atoms with Crippen molar-refractivity contribution >= 4 is 22.5 Å². The largest absolute Gasteiger partial charge is 0.444 e. The van der Waals surface area contributed by atoms with Crippen LogP contribution in [-0.2, 0) is 6.54 Å². The molecule has 2 aromatic carbocycles. The lowest BCUT2D eigenvalue weighted by atomic mass is 10.2. The van der Waals surface area contributed by atoms with Gasteiger partial charge < -0.3 is 4.42 Å². The van der Waals surface area contributed by atoms with Gasteiger partial charge in [0.15, 0.2) is 0 Å². The monoisotopic (exact) mass is 351 g/mol. The molecule has 25 heavy (non-hydrogen) atoms. The molecule has 4 rings (SSSR count). The lowest BCUT2D eigenvalue weighted by Crippen LogP contribution is -2.21. The molecule has 0 saturated carbocycles. The van der Waals surface area contributed by atoms with Crippen LogP contribution in [0.5, 0.6) is 0 Å². The normalized spacial score (nSPS) is 11.1. The van der Waals surface area contributed by atoms with Crippen molar-refractivity contribution in [3.63, 3.8) is 0 Å². The van der Waals surface area contributed by atoms with Crippen molar-refractivity contribution in [2.24, 2.45) is 0 Å². The van der Waals surface area contributed by atoms with Crippen LogP contribution in [0.3, 0.4) is 0 Å². The fourth-order valence-corrected chi connectivity index (χ4v) is 2.88. The Bertz CT molecular complexity index is 1130. The van der Waals surface area contributed by atoms with E-state index in [1.807, 2.05) is 37.3 Å². The van der Waals surface area contributed by atoms with Crippen LogP contribution in [-0.4, -0.2) is 14.5 Å². The molecule has 0 aliphatic carbocycles. The quantitative estimate of drug-likeness (QED) is 0.558. The fraction of sp³-hybridized carbons (Fsp3) is 0.105. The molecule has 0 atom stereocenters. The molecular formula is C19H14ClN3O2. The van der Waals surface area contributed by atoms with Crippen LogP contribution in [0.4, 0.5) is 0 Å². The maximum atomic E-state index is 12.7. The Morgan fingerprint density at radius 1 is 1.20 bits per heavy atom. The molecule has 4 aromatic rings. The van der Waals surface area contributed by atoms with E-state index in [-0.39, 0.29) is 5.56 Å². The van der Waals surface area contributed by atoms with E-state index in [2.05, 4.69) is 9.97 Å². The summed E-state index contributed by atoms with van der Waals surface area (Å²) in [5.41, 5.74) is 3.05. The van der Waals surface area contributed by atoms with E-state index in [9.17, 15) is 4.79 Å². The Morgan fingerprint density at radius 3 is 2.92 bits per heavy atom. The maximum Gasteiger partial charge on any atom is 0.261 e. The highest BCUT2D eigenvalue weighted by Crippen LogP contribution is 2.22. The number of oxazole rings is 1. The van der Waals surface area contributed by atoms with Gasteiger partial charge in [-0.2, -0.15) is 0 Å². The second kappa shape index (κ2) is 6.18. The number of nitrogens with zero attached hydrogens (tertiary/aromatic N) is 3. The minimum atomic E-state index is -0.0963. The molecule has 0 radical (unpaired) electrons. The minimum Gasteiger partial charge on any atom is -0.444 e. The predicted octanol–water partition coefficient (Wildman–Crippen LogP) is 4.06. The molecule has 0 amide bonds. The third-order valence-electron chi connectivity index (χ3n) is 3.94. The molecule has 124 valence electrons. The van der Waals surface area contributed by atoms with E-state index in [1.54, 1.807) is 18.4 Å². The highest BCUT2D eigenvalue weighted by molar-refractivity contribution is 6.30. The first kappa shape index (κ1) is 15.6. The summed E-state index contributed by atoms with van der Waals surface area (Å²) in [6, 6.07) is 12.9. The number of benzene rings is 2. The summed E-state index contributed by atoms with van der Waals surface area (Å²) in [6.07, 6.45) is 3.08. The molecule has 0 fully saturated rings. The van der Waals surface area contributed by atoms with Crippen molar-refractivity contribution in [3.05, 3.63) is 81.7 Å². The molecule has 0 spiro atoms. The summed E-state index contributed by atoms with van der Waals surface area (Å²) in [5, 5.41) is 1.21. The van der Waals surface area contributed by atoms with Gasteiger partial charge in [0.25, 0.3) is 5.56 Å². The highest BCUT2D eigenvalue weighted by Gasteiger charge is 2.10. The van der Waals surface area contributed by atoms with Gasteiger partial charge in [0, 0.05) is 10.6 Å². The minimum absolute atomic E-state index is 0.0963. The second-order valence-corrected chi connectivity index (χ2v) is 6.29. The first-order valence-electron chi connectivity index (χ1n) is 7.76. The number of halogens is 1. The average Bonchev–Trinajstić information content (AvgIpc) is 3.07. The summed E-state index contributed by atoms with van der Waals surface area (Å²) < 4.78 is 7.05. The highest BCUT2D eigenvalue weighted by atomic mass is 35.5. The molecule has 2 heterocycles. The third kappa shape index (κ3) is 3.06. The van der Waals surface area contributed by atoms with Gasteiger partial charge in [0.2, 0.25) is 5.89 Å². The van der Waals surface area contributed by atoms with Gasteiger partial charge in [-0.1, -0.05) is 29.3 Å². The predicted molar refractivity (Wildman–Crippen MR) is 96.8 cm³/mol. The summed E-state index contributed by atoms with van der Waals surface area (Å²) in [5.74, 6) is 0.468. The summed E-state index contributed by atoms with van der Waals surface area (Å²) >= 11 is 6.00. The van der Waals surface area contributed by atoms with Gasteiger partial charge in [-0.05, 0) is 37.3 Å². The molecule has 5 nitrogen and oxygen atoms in total. The van der Waals surface area contributed by atoms with Crippen molar-refractivity contribution in [1.29, 1.82) is 0 Å². The Labute approximate surface area is 148 Å². The Morgan fingerprint density at radius 2 is 2.08 bits per heavy atom. The summed E-state index contributed by atoms with van der Waals surface area (Å²) in [7, 11) is 0. The molecule has 0 unspecified atom stereocenters. The summed E-state index contributed by atoms with van der Waals surface area (Å²) in [6.45, 7) is 2.24. The van der Waals surface area contributed by atoms with E-state index < -0.39 is 0 Å². The van der Waals surface area contributed by atoms with Gasteiger partial charge in [0.05, 0.1) is 29.5 Å². The van der Waals surface area contributed by atoms with Crippen molar-refractivity contribution in [2.45, 2.75) is 13.5 Å². The van der Waals surface area contributed by atoms with Crippen molar-refractivity contribution in [1.82, 2.24) is 14.5 Å². The molecule has 0 N–H and O–H groups in total. The van der Waals surface area contributed by atoms with Crippen LogP contribution in [0.1, 0.15) is 11.3 Å². The van der Waals surface area contributed by atoms with Crippen molar-refractivity contribution in [2.75, 3.05) is 0 Å². The van der Waals surface area contributed by atoms with Crippen LogP contribution >= 0.6 is 11.6 Å². The topological polar surface area (TPSA) is 60.9 Å². The number of hydrogen-bond donors (Lipinski definition) is 0. The first-order chi connectivity index (χ1) is 12.1. The van der Waals surface area contributed by atoms with E-state index in [0.717, 1.165) is 11.1 Å². The van der Waals surface area contributed by atoms with Gasteiger partial charge in [-0.3, -0.25) is 9.36 Å². The van der Waals surface area contributed by atoms with Crippen molar-refractivity contribution < 1.29 is 4.42 Å². The van der Waals surface area contributed by atoms with Gasteiger partial charge in [0.1, 0.15) is 6.26 Å². The maximum absolute atomic E-state index is 12.7. The molecule has 2 aromatic heterocycles. The van der Waals surface area contributed by atoms with Crippen LogP contribution in [0.15, 0.2) is 64.3 Å². The zero-order valence-corrected chi connectivity index (χ0v) is 14.2. The molecule has 0 aliphatic heterocycles. The van der Waals surface area contributed by atoms with Crippen LogP contribution < -0.4 is 5.56 Å². The Balaban J connectivity index is 1.68. The second-order valence-electron chi connectivity index (χ2n) is 5.85. The van der Waals surface area contributed by atoms with E-state index in [0.29, 0.717) is 34.1 Å². The zero-order valence-electron chi connectivity index (χ0n) is 13.4. The van der Waals surface area contributed by atoms with Crippen LogP contribution in [0.25, 0.3) is 22.4 Å². The first-order valence-corrected chi connectivity index (χ1v) is 8.14. The number of hydrogen-bond acceptors (Lipinski definition) is 4.